The van der Waals surface area contributed by atoms with Crippen molar-refractivity contribution in [2.24, 2.45) is 28.6 Å². The van der Waals surface area contributed by atoms with Crippen LogP contribution in [0.25, 0.3) is 6.08 Å². The van der Waals surface area contributed by atoms with E-state index in [1.165, 1.54) is 120 Å². The molecule has 3 saturated carbocycles. The lowest BCUT2D eigenvalue weighted by Gasteiger charge is -2.59. The Hall–Kier alpha value is -11.5. The van der Waals surface area contributed by atoms with E-state index >= 15 is 0 Å². The van der Waals surface area contributed by atoms with Crippen LogP contribution in [0.2, 0.25) is 0 Å². The van der Waals surface area contributed by atoms with Crippen LogP contribution in [0.4, 0.5) is 10.1 Å². The molecule has 15 amide bonds. The number of carboxylic acids is 1. The summed E-state index contributed by atoms with van der Waals surface area (Å²) in [4.78, 5) is 246. The van der Waals surface area contributed by atoms with Gasteiger partial charge in [0.25, 0.3) is 11.8 Å². The summed E-state index contributed by atoms with van der Waals surface area (Å²) in [5.41, 5.74) is -1.65. The molecule has 4 fully saturated rings. The second-order valence-electron chi connectivity index (χ2n) is 32.2. The van der Waals surface area contributed by atoms with Gasteiger partial charge < -0.3 is 94.1 Å². The SMILES string of the molecule is C[C@H](NC(=O)CCc1ccc(N2C(=O)C=CC2=O)cc1OCCCC(=O)N(C)CC(=O)N(C)CC(=O)N(C)CC(=O)N(C)CC(=O)N(C)CC(=O)N(C)CC(=O)N(C)CC(=O)N(C)CC(=O)N(C)CC(=O)N(C)CC(=O)O)C(=O)N[C@@H](C)C(=O)NCOCC(=O)[C@@]12O[C@H](/C=C/c3sccc3F)O[C@@H]1C[C@H]1[C@@H]3CCC4=CC(=O)C=C[C@]4(C)[C@H]3[C@@H](O)C[C@@]12C. The first kappa shape index (κ1) is 96.0. The van der Waals surface area contributed by atoms with Gasteiger partial charge in [-0.2, -0.15) is 0 Å². The minimum Gasteiger partial charge on any atom is -0.493 e. The van der Waals surface area contributed by atoms with Crippen molar-refractivity contribution in [3.05, 3.63) is 87.9 Å². The number of aliphatic hydroxyl groups excluding tert-OH is 1. The Labute approximate surface area is 709 Å². The van der Waals surface area contributed by atoms with Crippen molar-refractivity contribution in [3.8, 4) is 5.75 Å². The fourth-order valence-electron chi connectivity index (χ4n) is 16.1. The third kappa shape index (κ3) is 23.2. The summed E-state index contributed by atoms with van der Waals surface area (Å²) >= 11 is 1.18. The molecule has 11 atom stereocenters. The van der Waals surface area contributed by atoms with Crippen LogP contribution in [-0.2, 0) is 107 Å². The molecule has 2 aromatic rings. The summed E-state index contributed by atoms with van der Waals surface area (Å²) in [5.74, 6) is -12.4. The molecule has 4 aliphatic carbocycles. The number of allylic oxidation sites excluding steroid dienone is 4. The van der Waals surface area contributed by atoms with E-state index in [1.807, 2.05) is 19.9 Å². The number of rotatable bonds is 40. The van der Waals surface area contributed by atoms with Crippen molar-refractivity contribution in [2.45, 2.75) is 115 Å². The van der Waals surface area contributed by atoms with Gasteiger partial charge in [-0.3, -0.25) is 86.3 Å². The van der Waals surface area contributed by atoms with Crippen molar-refractivity contribution in [1.29, 1.82) is 0 Å². The number of ketones is 2. The molecular formula is C82H109FN14O24S. The first-order valence-corrected chi connectivity index (χ1v) is 40.5. The highest BCUT2D eigenvalue weighted by Gasteiger charge is 2.76. The first-order valence-electron chi connectivity index (χ1n) is 39.6. The molecule has 5 N–H and O–H groups in total. The van der Waals surface area contributed by atoms with E-state index in [4.69, 9.17) is 24.1 Å². The highest BCUT2D eigenvalue weighted by Crippen LogP contribution is 2.70. The number of benzene rings is 1. The van der Waals surface area contributed by atoms with Crippen LogP contribution in [0.15, 0.2) is 71.7 Å². The quantitative estimate of drug-likeness (QED) is 0.0298. The number of anilines is 1. The number of halogens is 1. The zero-order valence-electron chi connectivity index (χ0n) is 71.0. The molecule has 3 heterocycles. The number of thiophene rings is 1. The first-order chi connectivity index (χ1) is 57.3. The number of ether oxygens (including phenoxy) is 4. The fraction of sp³-hybridized carbons (Fsp3) is 0.561. The molecule has 8 rings (SSSR count). The van der Waals surface area contributed by atoms with E-state index in [1.54, 1.807) is 29.7 Å². The molecule has 122 heavy (non-hydrogen) atoms. The predicted octanol–water partition coefficient (Wildman–Crippen LogP) is -1.17. The molecule has 38 nitrogen and oxygen atoms in total. The van der Waals surface area contributed by atoms with Gasteiger partial charge in [-0.05, 0) is 112 Å². The summed E-state index contributed by atoms with van der Waals surface area (Å²) < 4.78 is 39.7. The molecule has 1 aromatic carbocycles. The number of likely N-dealkylation sites (N-methyl/N-ethyl adjacent to an activating group) is 10. The van der Waals surface area contributed by atoms with Crippen LogP contribution >= 0.6 is 11.3 Å². The monoisotopic (exact) mass is 1720 g/mol. The maximum atomic E-state index is 14.9. The van der Waals surface area contributed by atoms with Crippen LogP contribution in [0.1, 0.15) is 83.1 Å². The Kier molecular flexibility index (Phi) is 32.6. The van der Waals surface area contributed by atoms with Crippen molar-refractivity contribution in [3.63, 3.8) is 0 Å². The Morgan fingerprint density at radius 1 is 0.639 bits per heavy atom. The average Bonchev–Trinajstić information content (AvgIpc) is 1.51. The Bertz CT molecular complexity index is 4530. The Morgan fingerprint density at radius 3 is 1.61 bits per heavy atom. The van der Waals surface area contributed by atoms with Gasteiger partial charge in [-0.1, -0.05) is 31.6 Å². The van der Waals surface area contributed by atoms with Crippen molar-refractivity contribution in [2.75, 3.05) is 161 Å². The topological polar surface area (TPSA) is 456 Å². The van der Waals surface area contributed by atoms with Crippen LogP contribution in [-0.4, -0.2) is 357 Å². The standard InChI is InChI=1S/C82H109FN14O24S/c1-48(78(116)84-47-118-46-60(100)82-61(120-76(121-82)26-22-59-56(83)28-31-122-59)34-55-54-21-19-51-32-53(98)27-29-80(51,3)77(54)57(99)35-81(55,82)4)86-79(117)49(2)85-62(101)23-18-50-17-20-52(97-64(103)24-25-65(97)104)33-58(50)119-30-15-16-63(102)87(5)36-66(105)88(6)37-67(106)89(7)38-68(107)90(8)39-69(108)91(9)40-70(109)92(10)41-71(110)93(11)42-72(111)94(12)43-73(112)95(13)44-74(113)96(14)45-75(114)115/h17,20,22,24-29,31-33,48-49,54-55,57,61,76-77,99H,15-16,18-19,21,23,30,34-47H2,1-14H3,(H,84,116)(H,85,101)(H,86,117)(H,114,115)/b26-22+/t48-,49-,54-,55-,57-,61+,76+,77+,80-,81-,82+/m0/s1. The third-order valence-electron chi connectivity index (χ3n) is 23.3. The van der Waals surface area contributed by atoms with Gasteiger partial charge in [0.2, 0.25) is 76.8 Å². The summed E-state index contributed by atoms with van der Waals surface area (Å²) in [7, 11) is 13.0. The Balaban J connectivity index is 0.734. The number of Topliss-reactive ketones (excluding diaryl/α,β-unsaturated/α-hetero) is 1. The van der Waals surface area contributed by atoms with Gasteiger partial charge in [0.1, 0.15) is 43.5 Å². The zero-order chi connectivity index (χ0) is 90.3. The highest BCUT2D eigenvalue weighted by atomic mass is 32.1. The Morgan fingerprint density at radius 2 is 1.12 bits per heavy atom. The second kappa shape index (κ2) is 41.4. The van der Waals surface area contributed by atoms with Crippen LogP contribution < -0.4 is 25.6 Å². The van der Waals surface area contributed by atoms with Crippen LogP contribution in [0, 0.1) is 34.4 Å². The molecule has 664 valence electrons. The van der Waals surface area contributed by atoms with Gasteiger partial charge in [-0.15, -0.1) is 11.3 Å². The highest BCUT2D eigenvalue weighted by molar-refractivity contribution is 7.10. The number of aryl methyl sites for hydroxylation is 1. The number of hydrogen-bond donors (Lipinski definition) is 5. The molecule has 40 heteroatoms. The van der Waals surface area contributed by atoms with Gasteiger partial charge in [0.15, 0.2) is 23.5 Å². The second-order valence-corrected chi connectivity index (χ2v) is 33.2. The maximum absolute atomic E-state index is 14.9. The molecule has 0 unspecified atom stereocenters. The number of carbonyl (C=O) groups is 18. The van der Waals surface area contributed by atoms with Crippen LogP contribution in [0.5, 0.6) is 5.75 Å². The van der Waals surface area contributed by atoms with E-state index in [9.17, 15) is 95.8 Å². The van der Waals surface area contributed by atoms with Gasteiger partial charge in [0, 0.05) is 118 Å². The zero-order valence-corrected chi connectivity index (χ0v) is 71.8. The van der Waals surface area contributed by atoms with Gasteiger partial charge >= 0.3 is 5.97 Å². The largest absolute Gasteiger partial charge is 0.493 e. The lowest BCUT2D eigenvalue weighted by atomic mass is 9.46. The number of carboxylic acid groups (broad SMARTS) is 1. The lowest BCUT2D eigenvalue weighted by molar-refractivity contribution is -0.194. The summed E-state index contributed by atoms with van der Waals surface area (Å²) in [5, 5.41) is 30.4. The molecule has 0 radical (unpaired) electrons. The van der Waals surface area contributed by atoms with E-state index in [-0.39, 0.29) is 73.7 Å². The lowest BCUT2D eigenvalue weighted by Crippen LogP contribution is -2.63. The predicted molar refractivity (Wildman–Crippen MR) is 433 cm³/mol. The number of imide groups is 1. The average molecular weight is 1730 g/mol. The number of nitrogens with zero attached hydrogens (tertiary/aromatic N) is 11. The molecule has 1 saturated heterocycles. The number of aliphatic carboxylic acids is 1. The van der Waals surface area contributed by atoms with Crippen molar-refractivity contribution < 1.29 is 120 Å². The maximum Gasteiger partial charge on any atom is 0.323 e. The fourth-order valence-corrected chi connectivity index (χ4v) is 16.8. The number of carbonyl (C=O) groups excluding carboxylic acids is 17. The number of amides is 15. The molecule has 6 aliphatic rings. The summed E-state index contributed by atoms with van der Waals surface area (Å²) in [6.07, 6.45) is 9.21. The molecule has 1 aromatic heterocycles. The van der Waals surface area contributed by atoms with Gasteiger partial charge in [0.05, 0.1) is 88.3 Å². The third-order valence-corrected chi connectivity index (χ3v) is 24.2. The molecule has 2 aliphatic heterocycles. The van der Waals surface area contributed by atoms with Crippen molar-refractivity contribution >= 4 is 129 Å². The van der Waals surface area contributed by atoms with E-state index in [0.29, 0.717) is 29.7 Å². The molecule has 0 bridgehead atoms. The van der Waals surface area contributed by atoms with E-state index in [2.05, 4.69) is 16.0 Å². The van der Waals surface area contributed by atoms with E-state index in [0.717, 1.165) is 71.6 Å². The van der Waals surface area contributed by atoms with Crippen LogP contribution in [0.3, 0.4) is 0 Å². The smallest absolute Gasteiger partial charge is 0.323 e. The normalized spacial score (nSPS) is 22.0. The minimum absolute atomic E-state index is 0.00670. The number of hydrogen-bond acceptors (Lipinski definition) is 24. The van der Waals surface area contributed by atoms with Crippen molar-refractivity contribution in [1.82, 2.24) is 64.9 Å². The van der Waals surface area contributed by atoms with E-state index < -0.39 is 232 Å². The number of fused-ring (bicyclic) bond motifs is 7. The summed E-state index contributed by atoms with van der Waals surface area (Å²) in [6, 6.07) is 3.44. The molecule has 0 spiro atoms. The number of nitrogens with one attached hydrogen (secondary N) is 3. The molecular weight excluding hydrogens is 1620 g/mol. The number of aliphatic hydroxyl groups is 1. The van der Waals surface area contributed by atoms with Gasteiger partial charge in [-0.25, -0.2) is 9.29 Å². The minimum atomic E-state index is -1.63. The summed E-state index contributed by atoms with van der Waals surface area (Å²) in [6.45, 7) is 0.592.